The Morgan fingerprint density at radius 1 is 1.00 bits per heavy atom. The SMILES string of the molecule is NCC(=O)N(Cc1ccccn1)Cc1ccccn1. The first-order valence-corrected chi connectivity index (χ1v) is 6.07. The molecule has 0 radical (unpaired) electrons. The van der Waals surface area contributed by atoms with Crippen LogP contribution in [0.4, 0.5) is 0 Å². The number of carbonyl (C=O) groups is 1. The van der Waals surface area contributed by atoms with Gasteiger partial charge in [0.2, 0.25) is 5.91 Å². The second-order valence-corrected chi connectivity index (χ2v) is 4.10. The molecule has 19 heavy (non-hydrogen) atoms. The fourth-order valence-electron chi connectivity index (χ4n) is 1.74. The Labute approximate surface area is 112 Å². The van der Waals surface area contributed by atoms with Crippen molar-refractivity contribution in [2.75, 3.05) is 6.54 Å². The molecule has 0 aliphatic rings. The van der Waals surface area contributed by atoms with Gasteiger partial charge in [-0.15, -0.1) is 0 Å². The third kappa shape index (κ3) is 3.86. The topological polar surface area (TPSA) is 72.1 Å². The van der Waals surface area contributed by atoms with E-state index in [1.165, 1.54) is 0 Å². The number of nitrogens with two attached hydrogens (primary N) is 1. The summed E-state index contributed by atoms with van der Waals surface area (Å²) in [5.41, 5.74) is 7.12. The molecule has 0 spiro atoms. The summed E-state index contributed by atoms with van der Waals surface area (Å²) in [6.07, 6.45) is 3.42. The Hall–Kier alpha value is -2.27. The Morgan fingerprint density at radius 2 is 1.53 bits per heavy atom. The first-order chi connectivity index (χ1) is 9.29. The van der Waals surface area contributed by atoms with Crippen molar-refractivity contribution in [1.82, 2.24) is 14.9 Å². The molecule has 0 aliphatic heterocycles. The minimum Gasteiger partial charge on any atom is -0.330 e. The molecule has 5 nitrogen and oxygen atoms in total. The summed E-state index contributed by atoms with van der Waals surface area (Å²) in [5.74, 6) is -0.115. The van der Waals surface area contributed by atoms with Crippen molar-refractivity contribution < 1.29 is 4.79 Å². The summed E-state index contributed by atoms with van der Waals surface area (Å²) >= 11 is 0. The van der Waals surface area contributed by atoms with Gasteiger partial charge < -0.3 is 10.6 Å². The Morgan fingerprint density at radius 3 is 1.89 bits per heavy atom. The van der Waals surface area contributed by atoms with E-state index in [2.05, 4.69) is 9.97 Å². The van der Waals surface area contributed by atoms with E-state index in [0.717, 1.165) is 11.4 Å². The highest BCUT2D eigenvalue weighted by Crippen LogP contribution is 2.06. The number of nitrogens with zero attached hydrogens (tertiary/aromatic N) is 3. The lowest BCUT2D eigenvalue weighted by Gasteiger charge is -2.21. The molecule has 2 heterocycles. The van der Waals surface area contributed by atoms with Crippen LogP contribution in [0.2, 0.25) is 0 Å². The number of hydrogen-bond donors (Lipinski definition) is 1. The van der Waals surface area contributed by atoms with Gasteiger partial charge in [-0.3, -0.25) is 14.8 Å². The highest BCUT2D eigenvalue weighted by atomic mass is 16.2. The molecule has 2 aromatic rings. The predicted octanol–water partition coefficient (Wildman–Crippen LogP) is 0.964. The van der Waals surface area contributed by atoms with Gasteiger partial charge in [0.05, 0.1) is 31.0 Å². The normalized spacial score (nSPS) is 10.2. The molecule has 0 bridgehead atoms. The molecule has 2 N–H and O–H groups in total. The molecule has 0 unspecified atom stereocenters. The highest BCUT2D eigenvalue weighted by molar-refractivity contribution is 5.77. The summed E-state index contributed by atoms with van der Waals surface area (Å²) in [7, 11) is 0. The van der Waals surface area contributed by atoms with Crippen LogP contribution in [0, 0.1) is 0 Å². The fraction of sp³-hybridized carbons (Fsp3) is 0.214. The van der Waals surface area contributed by atoms with Crippen LogP contribution in [0.5, 0.6) is 0 Å². The smallest absolute Gasteiger partial charge is 0.237 e. The molecule has 0 saturated carbocycles. The Kier molecular flexibility index (Phi) is 4.58. The van der Waals surface area contributed by atoms with Crippen molar-refractivity contribution in [2.24, 2.45) is 5.73 Å². The van der Waals surface area contributed by atoms with Crippen LogP contribution in [0.1, 0.15) is 11.4 Å². The molecule has 0 aromatic carbocycles. The summed E-state index contributed by atoms with van der Waals surface area (Å²) in [6.45, 7) is 0.862. The summed E-state index contributed by atoms with van der Waals surface area (Å²) in [6, 6.07) is 11.3. The molecular formula is C14H16N4O. The van der Waals surface area contributed by atoms with Gasteiger partial charge in [0.25, 0.3) is 0 Å². The van der Waals surface area contributed by atoms with Crippen LogP contribution < -0.4 is 5.73 Å². The maximum atomic E-state index is 11.9. The highest BCUT2D eigenvalue weighted by Gasteiger charge is 2.13. The van der Waals surface area contributed by atoms with Gasteiger partial charge in [-0.25, -0.2) is 0 Å². The molecule has 0 fully saturated rings. The molecule has 2 rings (SSSR count). The Bertz CT molecular complexity index is 474. The second-order valence-electron chi connectivity index (χ2n) is 4.10. The molecule has 0 atom stereocenters. The van der Waals surface area contributed by atoms with Gasteiger partial charge in [-0.2, -0.15) is 0 Å². The number of carbonyl (C=O) groups excluding carboxylic acids is 1. The summed E-state index contributed by atoms with van der Waals surface area (Å²) in [4.78, 5) is 22.0. The molecule has 5 heteroatoms. The molecule has 0 saturated heterocycles. The lowest BCUT2D eigenvalue weighted by molar-refractivity contribution is -0.131. The molecule has 98 valence electrons. The largest absolute Gasteiger partial charge is 0.330 e. The number of aromatic nitrogens is 2. The zero-order chi connectivity index (χ0) is 13.5. The van der Waals surface area contributed by atoms with Gasteiger partial charge in [-0.05, 0) is 24.3 Å². The minimum absolute atomic E-state index is 0.0142. The number of rotatable bonds is 5. The lowest BCUT2D eigenvalue weighted by atomic mass is 10.3. The van der Waals surface area contributed by atoms with Gasteiger partial charge in [0.1, 0.15) is 0 Å². The van der Waals surface area contributed by atoms with Gasteiger partial charge >= 0.3 is 0 Å². The zero-order valence-electron chi connectivity index (χ0n) is 10.6. The van der Waals surface area contributed by atoms with E-state index in [-0.39, 0.29) is 12.5 Å². The van der Waals surface area contributed by atoms with Crippen LogP contribution in [0.15, 0.2) is 48.8 Å². The monoisotopic (exact) mass is 256 g/mol. The first kappa shape index (κ1) is 13.2. The van der Waals surface area contributed by atoms with E-state index in [0.29, 0.717) is 13.1 Å². The second kappa shape index (κ2) is 6.61. The van der Waals surface area contributed by atoms with E-state index in [4.69, 9.17) is 5.73 Å². The summed E-state index contributed by atoms with van der Waals surface area (Å²) in [5, 5.41) is 0. The van der Waals surface area contributed by atoms with E-state index in [1.807, 2.05) is 36.4 Å². The van der Waals surface area contributed by atoms with Crippen molar-refractivity contribution in [3.63, 3.8) is 0 Å². The van der Waals surface area contributed by atoms with E-state index < -0.39 is 0 Å². The molecule has 2 aromatic heterocycles. The van der Waals surface area contributed by atoms with Crippen molar-refractivity contribution in [2.45, 2.75) is 13.1 Å². The first-order valence-electron chi connectivity index (χ1n) is 6.07. The predicted molar refractivity (Wildman–Crippen MR) is 71.8 cm³/mol. The van der Waals surface area contributed by atoms with Crippen molar-refractivity contribution in [1.29, 1.82) is 0 Å². The number of amides is 1. The van der Waals surface area contributed by atoms with Crippen LogP contribution in [0.3, 0.4) is 0 Å². The standard InChI is InChI=1S/C14H16N4O/c15-9-14(19)18(10-12-5-1-3-7-16-12)11-13-6-2-4-8-17-13/h1-8H,9-11,15H2. The van der Waals surface area contributed by atoms with Crippen molar-refractivity contribution >= 4 is 5.91 Å². The lowest BCUT2D eigenvalue weighted by Crippen LogP contribution is -2.35. The third-order valence-corrected chi connectivity index (χ3v) is 2.69. The Balaban J connectivity index is 2.10. The van der Waals surface area contributed by atoms with Crippen LogP contribution >= 0.6 is 0 Å². The van der Waals surface area contributed by atoms with Gasteiger partial charge in [0, 0.05) is 12.4 Å². The van der Waals surface area contributed by atoms with Crippen LogP contribution in [-0.4, -0.2) is 27.3 Å². The van der Waals surface area contributed by atoms with E-state index in [9.17, 15) is 4.79 Å². The van der Waals surface area contributed by atoms with E-state index in [1.54, 1.807) is 17.3 Å². The van der Waals surface area contributed by atoms with Gasteiger partial charge in [0.15, 0.2) is 0 Å². The third-order valence-electron chi connectivity index (χ3n) is 2.69. The van der Waals surface area contributed by atoms with E-state index >= 15 is 0 Å². The zero-order valence-corrected chi connectivity index (χ0v) is 10.6. The maximum Gasteiger partial charge on any atom is 0.237 e. The fourth-order valence-corrected chi connectivity index (χ4v) is 1.74. The molecular weight excluding hydrogens is 240 g/mol. The summed E-state index contributed by atoms with van der Waals surface area (Å²) < 4.78 is 0. The van der Waals surface area contributed by atoms with Crippen LogP contribution in [0.25, 0.3) is 0 Å². The molecule has 1 amide bonds. The quantitative estimate of drug-likeness (QED) is 0.865. The van der Waals surface area contributed by atoms with Crippen molar-refractivity contribution in [3.8, 4) is 0 Å². The maximum absolute atomic E-state index is 11.9. The number of pyridine rings is 2. The number of hydrogen-bond acceptors (Lipinski definition) is 4. The minimum atomic E-state index is -0.115. The molecule has 0 aliphatic carbocycles. The van der Waals surface area contributed by atoms with Crippen molar-refractivity contribution in [3.05, 3.63) is 60.2 Å². The average molecular weight is 256 g/mol. The average Bonchev–Trinajstić information content (AvgIpc) is 2.48. The van der Waals surface area contributed by atoms with Gasteiger partial charge in [-0.1, -0.05) is 12.1 Å². The van der Waals surface area contributed by atoms with Crippen LogP contribution in [-0.2, 0) is 17.9 Å².